The number of para-hydroxylation sites is 2. The van der Waals surface area contributed by atoms with Crippen LogP contribution in [-0.2, 0) is 4.79 Å². The highest BCUT2D eigenvalue weighted by Gasteiger charge is 2.07. The van der Waals surface area contributed by atoms with E-state index in [0.717, 1.165) is 27.2 Å². The Balaban J connectivity index is 1.85. The van der Waals surface area contributed by atoms with E-state index in [1.807, 2.05) is 63.2 Å². The quantitative estimate of drug-likeness (QED) is 0.700. The van der Waals surface area contributed by atoms with Gasteiger partial charge < -0.3 is 15.4 Å². The minimum absolute atomic E-state index is 0.0218. The number of aryl methyl sites for hydroxylation is 1. The summed E-state index contributed by atoms with van der Waals surface area (Å²) < 4.78 is 6.79. The van der Waals surface area contributed by atoms with Gasteiger partial charge in [-0.1, -0.05) is 28.1 Å². The molecule has 0 unspecified atom stereocenters. The first-order valence-electron chi connectivity index (χ1n) is 8.01. The fourth-order valence-electron chi connectivity index (χ4n) is 2.23. The second kappa shape index (κ2) is 8.73. The molecule has 0 saturated carbocycles. The lowest BCUT2D eigenvalue weighted by molar-refractivity contribution is -0.115. The van der Waals surface area contributed by atoms with Gasteiger partial charge in [0.05, 0.1) is 11.8 Å². The van der Waals surface area contributed by atoms with Crippen molar-refractivity contribution in [1.82, 2.24) is 0 Å². The number of hydrogen-bond acceptors (Lipinski definition) is 3. The molecule has 2 aromatic rings. The van der Waals surface area contributed by atoms with E-state index in [9.17, 15) is 4.79 Å². The lowest BCUT2D eigenvalue weighted by Crippen LogP contribution is -2.17. The van der Waals surface area contributed by atoms with E-state index in [-0.39, 0.29) is 12.0 Å². The van der Waals surface area contributed by atoms with Crippen LogP contribution in [0.5, 0.6) is 5.75 Å². The van der Waals surface area contributed by atoms with Crippen molar-refractivity contribution >= 4 is 33.2 Å². The summed E-state index contributed by atoms with van der Waals surface area (Å²) in [5.41, 5.74) is 2.80. The highest BCUT2D eigenvalue weighted by molar-refractivity contribution is 9.10. The number of carbonyl (C=O) groups is 1. The molecule has 5 heteroatoms. The van der Waals surface area contributed by atoms with Gasteiger partial charge in [0.15, 0.2) is 0 Å². The molecule has 2 rings (SSSR count). The minimum Gasteiger partial charge on any atom is -0.489 e. The molecule has 0 bridgehead atoms. The maximum atomic E-state index is 12.1. The first kappa shape index (κ1) is 18.3. The van der Waals surface area contributed by atoms with Crippen LogP contribution in [0.1, 0.15) is 25.8 Å². The molecule has 0 atom stereocenters. The third-order valence-electron chi connectivity index (χ3n) is 3.36. The summed E-state index contributed by atoms with van der Waals surface area (Å²) in [7, 11) is 0. The molecular weight excluding hydrogens is 368 g/mol. The number of amides is 1. The van der Waals surface area contributed by atoms with Gasteiger partial charge in [-0.2, -0.15) is 0 Å². The van der Waals surface area contributed by atoms with Crippen LogP contribution in [0.15, 0.2) is 46.9 Å². The first-order chi connectivity index (χ1) is 11.5. The predicted molar refractivity (Wildman–Crippen MR) is 103 cm³/mol. The Morgan fingerprint density at radius 2 is 1.96 bits per heavy atom. The number of hydrogen-bond donors (Lipinski definition) is 2. The van der Waals surface area contributed by atoms with Gasteiger partial charge in [0.1, 0.15) is 5.75 Å². The molecule has 128 valence electrons. The van der Waals surface area contributed by atoms with Crippen LogP contribution in [0.3, 0.4) is 0 Å². The van der Waals surface area contributed by atoms with E-state index >= 15 is 0 Å². The number of rotatable bonds is 7. The Bertz CT molecular complexity index is 702. The average molecular weight is 391 g/mol. The second-order valence-electron chi connectivity index (χ2n) is 5.85. The fourth-order valence-corrected chi connectivity index (χ4v) is 2.47. The van der Waals surface area contributed by atoms with Crippen LogP contribution < -0.4 is 15.4 Å². The molecule has 0 aromatic heterocycles. The maximum Gasteiger partial charge on any atom is 0.226 e. The SMILES string of the molecule is Cc1cc(NC(=O)CCNc2ccccc2OC(C)C)ccc1Br. The van der Waals surface area contributed by atoms with Crippen LogP contribution in [0.4, 0.5) is 11.4 Å². The predicted octanol–water partition coefficient (Wildman–Crippen LogP) is 4.99. The number of ether oxygens (including phenoxy) is 1. The largest absolute Gasteiger partial charge is 0.489 e. The van der Waals surface area contributed by atoms with Crippen molar-refractivity contribution in [1.29, 1.82) is 0 Å². The molecule has 4 nitrogen and oxygen atoms in total. The zero-order valence-corrected chi connectivity index (χ0v) is 15.8. The van der Waals surface area contributed by atoms with Crippen LogP contribution >= 0.6 is 15.9 Å². The summed E-state index contributed by atoms with van der Waals surface area (Å²) in [4.78, 5) is 12.1. The normalized spacial score (nSPS) is 10.5. The highest BCUT2D eigenvalue weighted by Crippen LogP contribution is 2.25. The van der Waals surface area contributed by atoms with Crippen molar-refractivity contribution in [2.45, 2.75) is 33.3 Å². The topological polar surface area (TPSA) is 50.4 Å². The van der Waals surface area contributed by atoms with E-state index in [0.29, 0.717) is 13.0 Å². The number of anilines is 2. The molecule has 0 spiro atoms. The second-order valence-corrected chi connectivity index (χ2v) is 6.71. The third kappa shape index (κ3) is 5.57. The Hall–Kier alpha value is -2.01. The first-order valence-corrected chi connectivity index (χ1v) is 8.80. The molecule has 0 aliphatic heterocycles. The van der Waals surface area contributed by atoms with Gasteiger partial charge in [-0.3, -0.25) is 4.79 Å². The summed E-state index contributed by atoms with van der Waals surface area (Å²) in [6.07, 6.45) is 0.488. The summed E-state index contributed by atoms with van der Waals surface area (Å²) in [5, 5.41) is 6.17. The standard InChI is InChI=1S/C19H23BrN2O2/c1-13(2)24-18-7-5-4-6-17(18)21-11-10-19(23)22-15-8-9-16(20)14(3)12-15/h4-9,12-13,21H,10-11H2,1-3H3,(H,22,23). The Morgan fingerprint density at radius 1 is 1.21 bits per heavy atom. The van der Waals surface area contributed by atoms with Crippen LogP contribution in [0.2, 0.25) is 0 Å². The van der Waals surface area contributed by atoms with Crippen molar-refractivity contribution < 1.29 is 9.53 Å². The molecule has 0 fully saturated rings. The van der Waals surface area contributed by atoms with E-state index in [1.165, 1.54) is 0 Å². The molecule has 2 N–H and O–H groups in total. The van der Waals surface area contributed by atoms with Gasteiger partial charge in [-0.05, 0) is 56.7 Å². The minimum atomic E-state index is -0.0218. The van der Waals surface area contributed by atoms with Crippen LogP contribution in [0.25, 0.3) is 0 Å². The number of carbonyl (C=O) groups excluding carboxylic acids is 1. The highest BCUT2D eigenvalue weighted by atomic mass is 79.9. The summed E-state index contributed by atoms with van der Waals surface area (Å²) in [5.74, 6) is 0.780. The van der Waals surface area contributed by atoms with Gasteiger partial charge in [0.25, 0.3) is 0 Å². The zero-order valence-electron chi connectivity index (χ0n) is 14.2. The summed E-state index contributed by atoms with van der Waals surface area (Å²) >= 11 is 3.45. The van der Waals surface area contributed by atoms with Gasteiger partial charge in [-0.15, -0.1) is 0 Å². The van der Waals surface area contributed by atoms with Gasteiger partial charge >= 0.3 is 0 Å². The van der Waals surface area contributed by atoms with Crippen LogP contribution in [-0.4, -0.2) is 18.6 Å². The van der Waals surface area contributed by atoms with E-state index in [1.54, 1.807) is 0 Å². The number of benzene rings is 2. The van der Waals surface area contributed by atoms with Crippen LogP contribution in [0, 0.1) is 6.92 Å². The van der Waals surface area contributed by atoms with Gasteiger partial charge in [-0.25, -0.2) is 0 Å². The smallest absolute Gasteiger partial charge is 0.226 e. The van der Waals surface area contributed by atoms with Crippen molar-refractivity contribution in [2.24, 2.45) is 0 Å². The third-order valence-corrected chi connectivity index (χ3v) is 4.25. The molecule has 0 radical (unpaired) electrons. The zero-order chi connectivity index (χ0) is 17.5. The molecule has 0 saturated heterocycles. The van der Waals surface area contributed by atoms with Gasteiger partial charge in [0.2, 0.25) is 5.91 Å². The lowest BCUT2D eigenvalue weighted by Gasteiger charge is -2.15. The summed E-state index contributed by atoms with van der Waals surface area (Å²) in [6.45, 7) is 6.52. The molecule has 0 heterocycles. The monoisotopic (exact) mass is 390 g/mol. The Kier molecular flexibility index (Phi) is 6.67. The van der Waals surface area contributed by atoms with E-state index < -0.39 is 0 Å². The Labute approximate surface area is 151 Å². The fraction of sp³-hybridized carbons (Fsp3) is 0.316. The van der Waals surface area contributed by atoms with E-state index in [4.69, 9.17) is 4.74 Å². The van der Waals surface area contributed by atoms with E-state index in [2.05, 4.69) is 26.6 Å². The average Bonchev–Trinajstić information content (AvgIpc) is 2.52. The number of nitrogens with one attached hydrogen (secondary N) is 2. The molecule has 2 aromatic carbocycles. The Morgan fingerprint density at radius 3 is 2.67 bits per heavy atom. The number of halogens is 1. The molecule has 0 aliphatic rings. The maximum absolute atomic E-state index is 12.1. The van der Waals surface area contributed by atoms with Crippen molar-refractivity contribution in [3.63, 3.8) is 0 Å². The molecular formula is C19H23BrN2O2. The summed E-state index contributed by atoms with van der Waals surface area (Å²) in [6, 6.07) is 13.5. The van der Waals surface area contributed by atoms with Gasteiger partial charge in [0, 0.05) is 23.1 Å². The lowest BCUT2D eigenvalue weighted by atomic mass is 10.2. The molecule has 1 amide bonds. The van der Waals surface area contributed by atoms with Crippen molar-refractivity contribution in [3.05, 3.63) is 52.5 Å². The molecule has 0 aliphatic carbocycles. The van der Waals surface area contributed by atoms with Crippen molar-refractivity contribution in [2.75, 3.05) is 17.2 Å². The molecule has 24 heavy (non-hydrogen) atoms. The van der Waals surface area contributed by atoms with Crippen molar-refractivity contribution in [3.8, 4) is 5.75 Å².